The summed E-state index contributed by atoms with van der Waals surface area (Å²) in [6.07, 6.45) is 0. The van der Waals surface area contributed by atoms with Gasteiger partial charge >= 0.3 is 5.97 Å². The van der Waals surface area contributed by atoms with E-state index >= 15 is 0 Å². The number of aromatic carboxylic acids is 1. The van der Waals surface area contributed by atoms with Gasteiger partial charge in [0.1, 0.15) is 0 Å². The van der Waals surface area contributed by atoms with Gasteiger partial charge in [-0.1, -0.05) is 0 Å². The molecule has 0 atom stereocenters. The van der Waals surface area contributed by atoms with Gasteiger partial charge in [0.2, 0.25) is 5.95 Å². The first-order valence-electron chi connectivity index (χ1n) is 4.79. The number of benzene rings is 1. The number of aryl methyl sites for hydroxylation is 1. The molecule has 3 N–H and O–H groups in total. The number of rotatable bonds is 2. The van der Waals surface area contributed by atoms with E-state index in [0.717, 1.165) is 6.07 Å². The third kappa shape index (κ3) is 1.88. The van der Waals surface area contributed by atoms with Crippen molar-refractivity contribution in [2.24, 2.45) is 7.05 Å². The number of aromatic nitrogens is 3. The first-order chi connectivity index (χ1) is 8.40. The summed E-state index contributed by atoms with van der Waals surface area (Å²) in [5.41, 5.74) is 4.88. The van der Waals surface area contributed by atoms with Crippen molar-refractivity contribution in [2.45, 2.75) is 0 Å². The quantitative estimate of drug-likeness (QED) is 0.835. The van der Waals surface area contributed by atoms with Crippen LogP contribution in [0.5, 0.6) is 0 Å². The molecule has 0 aliphatic carbocycles. The maximum atomic E-state index is 13.2. The highest BCUT2D eigenvalue weighted by Gasteiger charge is 2.19. The van der Waals surface area contributed by atoms with Crippen molar-refractivity contribution in [3.8, 4) is 11.4 Å². The second-order valence-corrected chi connectivity index (χ2v) is 3.53. The summed E-state index contributed by atoms with van der Waals surface area (Å²) in [7, 11) is 1.49. The number of carbonyl (C=O) groups is 1. The number of nitrogen functional groups attached to an aromatic ring is 1. The molecule has 0 spiro atoms. The van der Waals surface area contributed by atoms with Gasteiger partial charge in [0, 0.05) is 12.6 Å². The molecular weight excluding hydrogens is 246 g/mol. The number of halogens is 2. The third-order valence-electron chi connectivity index (χ3n) is 2.33. The molecule has 0 radical (unpaired) electrons. The fraction of sp³-hybridized carbons (Fsp3) is 0.100. The number of nitrogens with zero attached hydrogens (tertiary/aromatic N) is 3. The number of carboxylic acids is 1. The molecule has 0 saturated heterocycles. The molecule has 1 heterocycles. The molecule has 8 heteroatoms. The van der Waals surface area contributed by atoms with Crippen LogP contribution in [0, 0.1) is 11.6 Å². The van der Waals surface area contributed by atoms with Crippen LogP contribution in [0.2, 0.25) is 0 Å². The molecule has 0 unspecified atom stereocenters. The zero-order valence-electron chi connectivity index (χ0n) is 9.19. The largest absolute Gasteiger partial charge is 0.478 e. The Kier molecular flexibility index (Phi) is 2.70. The van der Waals surface area contributed by atoms with E-state index in [1.807, 2.05) is 0 Å². The SMILES string of the molecule is Cn1nc(-c2cc(F)c(F)cc2C(=O)O)nc1N. The highest BCUT2D eigenvalue weighted by molar-refractivity contribution is 5.95. The summed E-state index contributed by atoms with van der Waals surface area (Å²) < 4.78 is 27.4. The lowest BCUT2D eigenvalue weighted by atomic mass is 10.1. The van der Waals surface area contributed by atoms with Crippen LogP contribution in [-0.4, -0.2) is 25.8 Å². The minimum Gasteiger partial charge on any atom is -0.478 e. The minimum absolute atomic E-state index is 0.0334. The van der Waals surface area contributed by atoms with Crippen LogP contribution in [-0.2, 0) is 7.05 Å². The fourth-order valence-corrected chi connectivity index (χ4v) is 1.42. The van der Waals surface area contributed by atoms with Gasteiger partial charge < -0.3 is 10.8 Å². The molecule has 0 amide bonds. The molecule has 0 saturated carbocycles. The molecule has 2 aromatic rings. The Hall–Kier alpha value is -2.51. The summed E-state index contributed by atoms with van der Waals surface area (Å²) >= 11 is 0. The second-order valence-electron chi connectivity index (χ2n) is 3.53. The Labute approximate surface area is 99.7 Å². The monoisotopic (exact) mass is 254 g/mol. The Morgan fingerprint density at radius 1 is 1.39 bits per heavy atom. The van der Waals surface area contributed by atoms with Crippen molar-refractivity contribution >= 4 is 11.9 Å². The molecule has 1 aromatic carbocycles. The molecule has 1 aromatic heterocycles. The first-order valence-corrected chi connectivity index (χ1v) is 4.79. The summed E-state index contributed by atoms with van der Waals surface area (Å²) in [5.74, 6) is -3.88. The van der Waals surface area contributed by atoms with E-state index in [1.54, 1.807) is 0 Å². The molecule has 0 fully saturated rings. The standard InChI is InChI=1S/C10H8F2N4O2/c1-16-10(13)14-8(15-16)4-2-6(11)7(12)3-5(4)9(17)18/h2-3H,1H3,(H,17,18)(H2,13,14,15). The van der Waals surface area contributed by atoms with Gasteiger partial charge in [-0.15, -0.1) is 5.10 Å². The Morgan fingerprint density at radius 2 is 2.00 bits per heavy atom. The molecule has 0 aliphatic rings. The second kappa shape index (κ2) is 4.06. The highest BCUT2D eigenvalue weighted by atomic mass is 19.2. The maximum Gasteiger partial charge on any atom is 0.336 e. The predicted octanol–water partition coefficient (Wildman–Crippen LogP) is 1.04. The lowest BCUT2D eigenvalue weighted by molar-refractivity contribution is 0.0697. The van der Waals surface area contributed by atoms with Crippen molar-refractivity contribution in [2.75, 3.05) is 5.73 Å². The Morgan fingerprint density at radius 3 is 2.50 bits per heavy atom. The van der Waals surface area contributed by atoms with Crippen molar-refractivity contribution in [3.05, 3.63) is 29.3 Å². The number of carboxylic acid groups (broad SMARTS) is 1. The van der Waals surface area contributed by atoms with Gasteiger partial charge in [-0.2, -0.15) is 4.98 Å². The van der Waals surface area contributed by atoms with E-state index in [-0.39, 0.29) is 17.3 Å². The molecule has 0 aliphatic heterocycles. The lowest BCUT2D eigenvalue weighted by Gasteiger charge is -2.03. The molecule has 18 heavy (non-hydrogen) atoms. The van der Waals surface area contributed by atoms with Crippen LogP contribution in [0.3, 0.4) is 0 Å². The Bertz CT molecular complexity index is 620. The van der Waals surface area contributed by atoms with Crippen LogP contribution in [0.25, 0.3) is 11.4 Å². The van der Waals surface area contributed by atoms with E-state index in [2.05, 4.69) is 10.1 Å². The van der Waals surface area contributed by atoms with Crippen molar-refractivity contribution in [3.63, 3.8) is 0 Å². The molecule has 6 nitrogen and oxygen atoms in total. The number of hydrogen-bond acceptors (Lipinski definition) is 4. The summed E-state index contributed by atoms with van der Waals surface area (Å²) in [4.78, 5) is 14.7. The number of hydrogen-bond donors (Lipinski definition) is 2. The van der Waals surface area contributed by atoms with E-state index in [0.29, 0.717) is 6.07 Å². The summed E-state index contributed by atoms with van der Waals surface area (Å²) in [6, 6.07) is 1.31. The average molecular weight is 254 g/mol. The smallest absolute Gasteiger partial charge is 0.336 e. The van der Waals surface area contributed by atoms with Gasteiger partial charge in [0.05, 0.1) is 5.56 Å². The molecular formula is C10H8F2N4O2. The lowest BCUT2D eigenvalue weighted by Crippen LogP contribution is -2.03. The zero-order chi connectivity index (χ0) is 13.4. The van der Waals surface area contributed by atoms with Crippen LogP contribution in [0.4, 0.5) is 14.7 Å². The number of anilines is 1. The van der Waals surface area contributed by atoms with Crippen LogP contribution < -0.4 is 5.73 Å². The predicted molar refractivity (Wildman–Crippen MR) is 57.7 cm³/mol. The topological polar surface area (TPSA) is 94.0 Å². The van der Waals surface area contributed by atoms with Crippen molar-refractivity contribution in [1.82, 2.24) is 14.8 Å². The van der Waals surface area contributed by atoms with Crippen LogP contribution in [0.15, 0.2) is 12.1 Å². The van der Waals surface area contributed by atoms with Gasteiger partial charge in [0.15, 0.2) is 17.5 Å². The van der Waals surface area contributed by atoms with Gasteiger partial charge in [-0.3, -0.25) is 0 Å². The van der Waals surface area contributed by atoms with Crippen molar-refractivity contribution in [1.29, 1.82) is 0 Å². The number of nitrogens with two attached hydrogens (primary N) is 1. The van der Waals surface area contributed by atoms with Gasteiger partial charge in [0.25, 0.3) is 0 Å². The maximum absolute atomic E-state index is 13.2. The Balaban J connectivity index is 2.69. The normalized spacial score (nSPS) is 10.6. The minimum atomic E-state index is -1.41. The highest BCUT2D eigenvalue weighted by Crippen LogP contribution is 2.24. The van der Waals surface area contributed by atoms with E-state index in [1.165, 1.54) is 11.7 Å². The van der Waals surface area contributed by atoms with Crippen LogP contribution in [0.1, 0.15) is 10.4 Å². The molecule has 94 valence electrons. The van der Waals surface area contributed by atoms with E-state index in [4.69, 9.17) is 10.8 Å². The average Bonchev–Trinajstić information content (AvgIpc) is 2.62. The van der Waals surface area contributed by atoms with E-state index in [9.17, 15) is 13.6 Å². The third-order valence-corrected chi connectivity index (χ3v) is 2.33. The summed E-state index contributed by atoms with van der Waals surface area (Å²) in [5, 5.41) is 12.8. The zero-order valence-corrected chi connectivity index (χ0v) is 9.19. The molecule has 0 bridgehead atoms. The first kappa shape index (κ1) is 12.0. The van der Waals surface area contributed by atoms with E-state index < -0.39 is 23.2 Å². The fourth-order valence-electron chi connectivity index (χ4n) is 1.42. The van der Waals surface area contributed by atoms with Crippen molar-refractivity contribution < 1.29 is 18.7 Å². The molecule has 2 rings (SSSR count). The van der Waals surface area contributed by atoms with Gasteiger partial charge in [-0.25, -0.2) is 18.3 Å². The van der Waals surface area contributed by atoms with Crippen LogP contribution >= 0.6 is 0 Å². The van der Waals surface area contributed by atoms with Gasteiger partial charge in [-0.05, 0) is 12.1 Å². The summed E-state index contributed by atoms with van der Waals surface area (Å²) in [6.45, 7) is 0.